The van der Waals surface area contributed by atoms with Crippen LogP contribution in [0.5, 0.6) is 0 Å². The van der Waals surface area contributed by atoms with Crippen LogP contribution in [-0.4, -0.2) is 18.0 Å². The third-order valence-corrected chi connectivity index (χ3v) is 2.74. The molecule has 0 spiro atoms. The molecule has 2 heterocycles. The van der Waals surface area contributed by atoms with Crippen LogP contribution in [0.2, 0.25) is 0 Å². The SMILES string of the molecule is CC[C@@H]1O[C@]2(C)CCC[C@H]1O2. The first kappa shape index (κ1) is 7.56. The van der Waals surface area contributed by atoms with E-state index in [0.29, 0.717) is 12.2 Å². The highest BCUT2D eigenvalue weighted by molar-refractivity contribution is 4.87. The lowest BCUT2D eigenvalue weighted by atomic mass is 10.0. The van der Waals surface area contributed by atoms with E-state index in [9.17, 15) is 0 Å². The summed E-state index contributed by atoms with van der Waals surface area (Å²) in [4.78, 5) is 0. The topological polar surface area (TPSA) is 18.5 Å². The van der Waals surface area contributed by atoms with Crippen molar-refractivity contribution < 1.29 is 9.47 Å². The Kier molecular flexibility index (Phi) is 1.69. The van der Waals surface area contributed by atoms with Crippen molar-refractivity contribution in [2.24, 2.45) is 0 Å². The van der Waals surface area contributed by atoms with E-state index in [-0.39, 0.29) is 5.79 Å². The van der Waals surface area contributed by atoms with Crippen LogP contribution in [0.4, 0.5) is 0 Å². The molecule has 0 aliphatic carbocycles. The smallest absolute Gasteiger partial charge is 0.166 e. The molecule has 0 unspecified atom stereocenters. The van der Waals surface area contributed by atoms with Crippen LogP contribution in [0.1, 0.15) is 39.5 Å². The summed E-state index contributed by atoms with van der Waals surface area (Å²) in [7, 11) is 0. The molecule has 2 fully saturated rings. The van der Waals surface area contributed by atoms with E-state index in [1.165, 1.54) is 12.8 Å². The molecule has 2 nitrogen and oxygen atoms in total. The molecular formula is C9H16O2. The van der Waals surface area contributed by atoms with Gasteiger partial charge in [-0.2, -0.15) is 0 Å². The predicted octanol–water partition coefficient (Wildman–Crippen LogP) is 2.08. The molecule has 2 aliphatic heterocycles. The molecule has 0 amide bonds. The summed E-state index contributed by atoms with van der Waals surface area (Å²) >= 11 is 0. The monoisotopic (exact) mass is 156 g/mol. The van der Waals surface area contributed by atoms with Gasteiger partial charge in [0.05, 0.1) is 12.2 Å². The molecule has 64 valence electrons. The van der Waals surface area contributed by atoms with Gasteiger partial charge in [0.2, 0.25) is 0 Å². The normalized spacial score (nSPS) is 49.6. The van der Waals surface area contributed by atoms with Gasteiger partial charge in [0.15, 0.2) is 5.79 Å². The van der Waals surface area contributed by atoms with Crippen molar-refractivity contribution in [1.82, 2.24) is 0 Å². The molecule has 2 heteroatoms. The number of hydrogen-bond donors (Lipinski definition) is 0. The van der Waals surface area contributed by atoms with E-state index < -0.39 is 0 Å². The molecule has 2 saturated heterocycles. The zero-order chi connectivity index (χ0) is 7.90. The maximum absolute atomic E-state index is 5.80. The van der Waals surface area contributed by atoms with E-state index in [0.717, 1.165) is 12.8 Å². The summed E-state index contributed by atoms with van der Waals surface area (Å²) in [5.41, 5.74) is 0. The second-order valence-corrected chi connectivity index (χ2v) is 3.75. The minimum atomic E-state index is -0.233. The molecule has 0 radical (unpaired) electrons. The van der Waals surface area contributed by atoms with E-state index in [4.69, 9.17) is 9.47 Å². The highest BCUT2D eigenvalue weighted by Gasteiger charge is 2.45. The summed E-state index contributed by atoms with van der Waals surface area (Å²) in [5, 5.41) is 0. The fourth-order valence-corrected chi connectivity index (χ4v) is 2.15. The van der Waals surface area contributed by atoms with E-state index in [2.05, 4.69) is 13.8 Å². The number of fused-ring (bicyclic) bond motifs is 2. The Balaban J connectivity index is 2.10. The molecule has 0 aromatic heterocycles. The van der Waals surface area contributed by atoms with Crippen molar-refractivity contribution >= 4 is 0 Å². The standard InChI is InChI=1S/C9H16O2/c1-3-7-8-5-4-6-9(2,10-7)11-8/h7-8H,3-6H2,1-2H3/t7-,8+,9-/m0/s1. The summed E-state index contributed by atoms with van der Waals surface area (Å²) in [5.74, 6) is -0.233. The summed E-state index contributed by atoms with van der Waals surface area (Å²) in [6.45, 7) is 4.23. The fourth-order valence-electron chi connectivity index (χ4n) is 2.15. The van der Waals surface area contributed by atoms with Crippen molar-refractivity contribution in [3.63, 3.8) is 0 Å². The average molecular weight is 156 g/mol. The first-order chi connectivity index (χ1) is 5.23. The summed E-state index contributed by atoms with van der Waals surface area (Å²) in [6, 6.07) is 0. The van der Waals surface area contributed by atoms with Crippen molar-refractivity contribution in [2.75, 3.05) is 0 Å². The van der Waals surface area contributed by atoms with Gasteiger partial charge < -0.3 is 9.47 Å². The Bertz CT molecular complexity index is 158. The van der Waals surface area contributed by atoms with Crippen LogP contribution in [0.25, 0.3) is 0 Å². The van der Waals surface area contributed by atoms with Gasteiger partial charge in [0.25, 0.3) is 0 Å². The Morgan fingerprint density at radius 1 is 1.45 bits per heavy atom. The Morgan fingerprint density at radius 3 is 2.91 bits per heavy atom. The first-order valence-electron chi connectivity index (χ1n) is 4.59. The highest BCUT2D eigenvalue weighted by atomic mass is 16.8. The van der Waals surface area contributed by atoms with Gasteiger partial charge in [-0.1, -0.05) is 6.92 Å². The summed E-state index contributed by atoms with van der Waals surface area (Å²) < 4.78 is 11.6. The van der Waals surface area contributed by atoms with Gasteiger partial charge >= 0.3 is 0 Å². The predicted molar refractivity (Wildman–Crippen MR) is 42.3 cm³/mol. The lowest BCUT2D eigenvalue weighted by Crippen LogP contribution is -2.30. The lowest BCUT2D eigenvalue weighted by molar-refractivity contribution is -0.179. The molecule has 2 bridgehead atoms. The van der Waals surface area contributed by atoms with Crippen molar-refractivity contribution in [2.45, 2.75) is 57.5 Å². The maximum Gasteiger partial charge on any atom is 0.166 e. The fraction of sp³-hybridized carbons (Fsp3) is 1.00. The van der Waals surface area contributed by atoms with Crippen LogP contribution in [0.15, 0.2) is 0 Å². The number of hydrogen-bond acceptors (Lipinski definition) is 2. The van der Waals surface area contributed by atoms with Gasteiger partial charge in [-0.3, -0.25) is 0 Å². The van der Waals surface area contributed by atoms with E-state index in [1.807, 2.05) is 0 Å². The van der Waals surface area contributed by atoms with Gasteiger partial charge in [-0.15, -0.1) is 0 Å². The third kappa shape index (κ3) is 1.18. The molecule has 2 rings (SSSR count). The Labute approximate surface area is 67.9 Å². The van der Waals surface area contributed by atoms with Crippen LogP contribution in [-0.2, 0) is 9.47 Å². The Morgan fingerprint density at radius 2 is 2.27 bits per heavy atom. The first-order valence-corrected chi connectivity index (χ1v) is 4.59. The number of rotatable bonds is 1. The lowest BCUT2D eigenvalue weighted by Gasteiger charge is -2.26. The van der Waals surface area contributed by atoms with Gasteiger partial charge in [0.1, 0.15) is 0 Å². The van der Waals surface area contributed by atoms with Gasteiger partial charge in [-0.05, 0) is 26.2 Å². The van der Waals surface area contributed by atoms with Crippen LogP contribution in [0, 0.1) is 0 Å². The second-order valence-electron chi connectivity index (χ2n) is 3.75. The molecule has 3 atom stereocenters. The van der Waals surface area contributed by atoms with E-state index >= 15 is 0 Å². The van der Waals surface area contributed by atoms with Crippen LogP contribution >= 0.6 is 0 Å². The quantitative estimate of drug-likeness (QED) is 0.578. The van der Waals surface area contributed by atoms with Gasteiger partial charge in [-0.25, -0.2) is 0 Å². The molecule has 2 aliphatic rings. The maximum atomic E-state index is 5.80. The minimum absolute atomic E-state index is 0.233. The molecule has 11 heavy (non-hydrogen) atoms. The molecular weight excluding hydrogens is 140 g/mol. The highest BCUT2D eigenvalue weighted by Crippen LogP contribution is 2.40. The van der Waals surface area contributed by atoms with Crippen LogP contribution < -0.4 is 0 Å². The largest absolute Gasteiger partial charge is 0.344 e. The van der Waals surface area contributed by atoms with Crippen molar-refractivity contribution in [1.29, 1.82) is 0 Å². The van der Waals surface area contributed by atoms with E-state index in [1.54, 1.807) is 0 Å². The van der Waals surface area contributed by atoms with Crippen LogP contribution in [0.3, 0.4) is 0 Å². The molecule has 0 aromatic carbocycles. The molecule has 0 aromatic rings. The molecule has 0 saturated carbocycles. The van der Waals surface area contributed by atoms with Gasteiger partial charge in [0, 0.05) is 6.42 Å². The average Bonchev–Trinajstić information content (AvgIpc) is 2.21. The second kappa shape index (κ2) is 2.46. The zero-order valence-electron chi connectivity index (χ0n) is 7.30. The van der Waals surface area contributed by atoms with Crippen molar-refractivity contribution in [3.8, 4) is 0 Å². The minimum Gasteiger partial charge on any atom is -0.344 e. The summed E-state index contributed by atoms with van der Waals surface area (Å²) in [6.07, 6.45) is 5.35. The molecule has 0 N–H and O–H groups in total. The Hall–Kier alpha value is -0.0800. The third-order valence-electron chi connectivity index (χ3n) is 2.74. The zero-order valence-corrected chi connectivity index (χ0v) is 7.30. The number of ether oxygens (including phenoxy) is 2. The van der Waals surface area contributed by atoms with Crippen molar-refractivity contribution in [3.05, 3.63) is 0 Å².